The second-order valence-corrected chi connectivity index (χ2v) is 9.59. The molecule has 4 nitrogen and oxygen atoms in total. The van der Waals surface area contributed by atoms with Gasteiger partial charge in [-0.3, -0.25) is 0 Å². The highest BCUT2D eigenvalue weighted by Gasteiger charge is 2.19. The number of nitrogens with zero attached hydrogens (tertiary/aromatic N) is 1. The zero-order valence-corrected chi connectivity index (χ0v) is 20.9. The van der Waals surface area contributed by atoms with E-state index in [0.717, 1.165) is 0 Å². The second-order valence-electron chi connectivity index (χ2n) is 8.27. The third-order valence-electron chi connectivity index (χ3n) is 6.20. The van der Waals surface area contributed by atoms with Gasteiger partial charge in [-0.1, -0.05) is 90.6 Å². The molecule has 0 N–H and O–H groups in total. The molecule has 0 spiro atoms. The molecule has 0 aromatic heterocycles. The molecule has 0 amide bonds. The first-order valence-corrected chi connectivity index (χ1v) is 13.7. The number of unbranched alkanes of at least 4 members (excludes halogenated alkanes) is 13. The van der Waals surface area contributed by atoms with Gasteiger partial charge in [-0.25, -0.2) is 8.42 Å². The number of hydrogen-bond acceptors (Lipinski definition) is 3. The van der Waals surface area contributed by atoms with Crippen molar-refractivity contribution in [1.82, 2.24) is 0 Å². The molecule has 0 atom stereocenters. The van der Waals surface area contributed by atoms with Gasteiger partial charge < -0.3 is 9.04 Å². The summed E-state index contributed by atoms with van der Waals surface area (Å²) in [5, 5.41) is 0.354. The molecule has 0 aromatic carbocycles. The lowest BCUT2D eigenvalue weighted by Gasteiger charge is -2.35. The van der Waals surface area contributed by atoms with Gasteiger partial charge in [0.2, 0.25) is 0 Å². The molecule has 5 heteroatoms. The van der Waals surface area contributed by atoms with Crippen LogP contribution in [0.15, 0.2) is 12.0 Å². The molecule has 0 radical (unpaired) electrons. The van der Waals surface area contributed by atoms with Crippen LogP contribution in [-0.2, 0) is 10.1 Å². The summed E-state index contributed by atoms with van der Waals surface area (Å²) >= 11 is 0. The van der Waals surface area contributed by atoms with Crippen LogP contribution in [0.3, 0.4) is 0 Å². The predicted molar refractivity (Wildman–Crippen MR) is 127 cm³/mol. The lowest BCUT2D eigenvalue weighted by atomic mass is 10.0. The smallest absolute Gasteiger partial charge is 0.116 e. The molecule has 176 valence electrons. The summed E-state index contributed by atoms with van der Waals surface area (Å²) in [6.07, 6.45) is 20.5. The first-order valence-electron chi connectivity index (χ1n) is 12.2. The molecule has 0 unspecified atom stereocenters. The van der Waals surface area contributed by atoms with Gasteiger partial charge >= 0.3 is 0 Å². The Kier molecular flexibility index (Phi) is 22.2. The van der Waals surface area contributed by atoms with Crippen molar-refractivity contribution in [2.24, 2.45) is 0 Å². The van der Waals surface area contributed by atoms with Gasteiger partial charge in [-0.15, -0.1) is 0 Å². The zero-order chi connectivity index (χ0) is 22.4. The fraction of sp³-hybridized carbons (Fsp3) is 0.917. The first kappa shape index (κ1) is 30.8. The lowest BCUT2D eigenvalue weighted by Crippen LogP contribution is -2.48. The van der Waals surface area contributed by atoms with Crippen LogP contribution < -0.4 is 0 Å². The molecule has 29 heavy (non-hydrogen) atoms. The maximum Gasteiger partial charge on any atom is 0.116 e. The van der Waals surface area contributed by atoms with Crippen LogP contribution in [0.4, 0.5) is 0 Å². The Morgan fingerprint density at radius 3 is 1.17 bits per heavy atom. The Bertz CT molecular complexity index is 425. The highest BCUT2D eigenvalue weighted by Crippen LogP contribution is 2.14. The Balaban J connectivity index is 0. The largest absolute Gasteiger partial charge is 0.745 e. The molecular formula is C24H51NO3S. The Morgan fingerprint density at radius 1 is 0.655 bits per heavy atom. The standard InChI is InChI=1S/C22H48N.C2H4O3S/c1-5-9-10-11-12-13-14-15-16-17-18-19-20-21-22-23(6-2,7-3)8-4;1-2-6(3,4)5/h5-22H2,1-4H3;2H,1H2,(H,3,4,5)/q+1;/p-1. The van der Waals surface area contributed by atoms with Crippen LogP contribution in [0.2, 0.25) is 0 Å². The molecule has 0 bridgehead atoms. The van der Waals surface area contributed by atoms with E-state index in [1.54, 1.807) is 0 Å². The van der Waals surface area contributed by atoms with E-state index in [0.29, 0.717) is 5.41 Å². The minimum absolute atomic E-state index is 0.354. The normalized spacial score (nSPS) is 11.8. The summed E-state index contributed by atoms with van der Waals surface area (Å²) in [7, 11) is -4.15. The number of hydrogen-bond donors (Lipinski definition) is 0. The van der Waals surface area contributed by atoms with Crippen molar-refractivity contribution >= 4 is 10.1 Å². The van der Waals surface area contributed by atoms with Gasteiger partial charge in [-0.05, 0) is 33.6 Å². The topological polar surface area (TPSA) is 57.2 Å². The van der Waals surface area contributed by atoms with Crippen LogP contribution in [0.1, 0.15) is 118 Å². The summed E-state index contributed by atoms with van der Waals surface area (Å²) in [6.45, 7) is 17.4. The molecule has 0 saturated carbocycles. The Labute approximate surface area is 183 Å². The Morgan fingerprint density at radius 2 is 0.931 bits per heavy atom. The molecular weight excluding hydrogens is 382 g/mol. The summed E-state index contributed by atoms with van der Waals surface area (Å²) in [5.74, 6) is 0. The second kappa shape index (κ2) is 20.9. The average molecular weight is 434 g/mol. The molecule has 0 aliphatic heterocycles. The van der Waals surface area contributed by atoms with E-state index < -0.39 is 10.1 Å². The summed E-state index contributed by atoms with van der Waals surface area (Å²) in [5.41, 5.74) is 0. The molecule has 0 aliphatic carbocycles. The fourth-order valence-corrected chi connectivity index (χ4v) is 3.79. The van der Waals surface area contributed by atoms with E-state index in [2.05, 4.69) is 34.3 Å². The average Bonchev–Trinajstić information content (AvgIpc) is 2.71. The van der Waals surface area contributed by atoms with Crippen molar-refractivity contribution in [1.29, 1.82) is 0 Å². The van der Waals surface area contributed by atoms with E-state index in [4.69, 9.17) is 0 Å². The molecule has 0 aromatic rings. The highest BCUT2D eigenvalue weighted by molar-refractivity contribution is 7.88. The van der Waals surface area contributed by atoms with Crippen molar-refractivity contribution in [2.45, 2.75) is 118 Å². The van der Waals surface area contributed by atoms with Crippen molar-refractivity contribution < 1.29 is 17.5 Å². The van der Waals surface area contributed by atoms with Crippen molar-refractivity contribution in [3.8, 4) is 0 Å². The van der Waals surface area contributed by atoms with Crippen LogP contribution in [0.5, 0.6) is 0 Å². The van der Waals surface area contributed by atoms with Gasteiger partial charge in [0.25, 0.3) is 0 Å². The van der Waals surface area contributed by atoms with E-state index in [-0.39, 0.29) is 0 Å². The number of quaternary nitrogens is 1. The fourth-order valence-electron chi connectivity index (χ4n) is 3.79. The van der Waals surface area contributed by atoms with Crippen molar-refractivity contribution in [3.63, 3.8) is 0 Å². The van der Waals surface area contributed by atoms with Gasteiger partial charge in [0, 0.05) is 5.41 Å². The molecule has 0 saturated heterocycles. The van der Waals surface area contributed by atoms with Gasteiger partial charge in [0.1, 0.15) is 10.1 Å². The van der Waals surface area contributed by atoms with Gasteiger partial charge in [0.15, 0.2) is 0 Å². The predicted octanol–water partition coefficient (Wildman–Crippen LogP) is 7.02. The van der Waals surface area contributed by atoms with E-state index in [1.165, 1.54) is 121 Å². The van der Waals surface area contributed by atoms with Crippen molar-refractivity contribution in [2.75, 3.05) is 26.2 Å². The minimum atomic E-state index is -4.15. The zero-order valence-electron chi connectivity index (χ0n) is 20.1. The van der Waals surface area contributed by atoms with Crippen LogP contribution in [0.25, 0.3) is 0 Å². The van der Waals surface area contributed by atoms with Gasteiger partial charge in [-0.2, -0.15) is 0 Å². The minimum Gasteiger partial charge on any atom is -0.745 e. The summed E-state index contributed by atoms with van der Waals surface area (Å²) < 4.78 is 29.3. The summed E-state index contributed by atoms with van der Waals surface area (Å²) in [6, 6.07) is 0. The molecule has 0 heterocycles. The quantitative estimate of drug-likeness (QED) is 0.125. The van der Waals surface area contributed by atoms with E-state index >= 15 is 0 Å². The SMILES string of the molecule is C=CS(=O)(=O)[O-].CCCCCCCCCCCCCCCC[N+](CC)(CC)CC. The van der Waals surface area contributed by atoms with Gasteiger partial charge in [0.05, 0.1) is 26.2 Å². The molecule has 0 rings (SSSR count). The molecule has 0 fully saturated rings. The maximum atomic E-state index is 9.33. The first-order chi connectivity index (χ1) is 13.8. The van der Waals surface area contributed by atoms with Crippen LogP contribution >= 0.6 is 0 Å². The summed E-state index contributed by atoms with van der Waals surface area (Å²) in [4.78, 5) is 0. The van der Waals surface area contributed by atoms with Crippen molar-refractivity contribution in [3.05, 3.63) is 12.0 Å². The molecule has 0 aliphatic rings. The number of rotatable bonds is 19. The third-order valence-corrected chi connectivity index (χ3v) is 6.61. The van der Waals surface area contributed by atoms with Crippen LogP contribution in [0, 0.1) is 0 Å². The van der Waals surface area contributed by atoms with Crippen LogP contribution in [-0.4, -0.2) is 43.6 Å². The van der Waals surface area contributed by atoms with E-state index in [9.17, 15) is 13.0 Å². The maximum absolute atomic E-state index is 9.33. The lowest BCUT2D eigenvalue weighted by molar-refractivity contribution is -0.923. The van der Waals surface area contributed by atoms with E-state index in [1.807, 2.05) is 0 Å². The monoisotopic (exact) mass is 433 g/mol. The third kappa shape index (κ3) is 22.1. The highest BCUT2D eigenvalue weighted by atomic mass is 32.2. The Hall–Kier alpha value is -0.390.